The Balaban J connectivity index is 1.65. The van der Waals surface area contributed by atoms with Crippen LogP contribution in [0.15, 0.2) is 55.9 Å². The van der Waals surface area contributed by atoms with Crippen LogP contribution in [-0.4, -0.2) is 15.1 Å². The molecule has 0 saturated carbocycles. The number of nitrogens with zero attached hydrogens (tertiary/aromatic N) is 3. The van der Waals surface area contributed by atoms with Crippen LogP contribution in [0, 0.1) is 15.9 Å². The van der Waals surface area contributed by atoms with Crippen LogP contribution >= 0.6 is 11.8 Å². The number of furan rings is 1. The average Bonchev–Trinajstić information content (AvgIpc) is 3.18. The Hall–Kier alpha value is -2.94. The van der Waals surface area contributed by atoms with Gasteiger partial charge in [0.2, 0.25) is 5.89 Å². The van der Waals surface area contributed by atoms with E-state index in [0.29, 0.717) is 11.3 Å². The normalized spacial score (nSPS) is 11.2. The highest BCUT2D eigenvalue weighted by Crippen LogP contribution is 2.25. The van der Waals surface area contributed by atoms with Gasteiger partial charge in [0.05, 0.1) is 6.07 Å². The molecule has 3 rings (SSSR count). The lowest BCUT2D eigenvalue weighted by molar-refractivity contribution is -0.402. The predicted molar refractivity (Wildman–Crippen MR) is 79.9 cm³/mol. The van der Waals surface area contributed by atoms with Crippen LogP contribution in [0.5, 0.6) is 0 Å². The van der Waals surface area contributed by atoms with Crippen molar-refractivity contribution in [3.8, 4) is 11.5 Å². The molecule has 0 spiro atoms. The van der Waals surface area contributed by atoms with Gasteiger partial charge in [-0.15, -0.1) is 10.2 Å². The topological polar surface area (TPSA) is 95.2 Å². The van der Waals surface area contributed by atoms with Crippen molar-refractivity contribution in [2.24, 2.45) is 0 Å². The standard InChI is InChI=1S/C14H8FN3O4S/c15-10-3-1-9(2-4-10)13-16-17-14(22-13)23-8-7-11-5-6-12(21-11)18(19)20/h1-8H/b8-7+. The molecule has 7 nitrogen and oxygen atoms in total. The molecule has 0 fully saturated rings. The molecule has 0 radical (unpaired) electrons. The summed E-state index contributed by atoms with van der Waals surface area (Å²) >= 11 is 1.13. The second-order valence-corrected chi connectivity index (χ2v) is 5.09. The van der Waals surface area contributed by atoms with Crippen LogP contribution < -0.4 is 0 Å². The van der Waals surface area contributed by atoms with Gasteiger partial charge in [0, 0.05) is 5.56 Å². The third-order valence-electron chi connectivity index (χ3n) is 2.69. The lowest BCUT2D eigenvalue weighted by Gasteiger charge is -1.93. The van der Waals surface area contributed by atoms with Crippen LogP contribution in [0.3, 0.4) is 0 Å². The van der Waals surface area contributed by atoms with Crippen molar-refractivity contribution in [1.82, 2.24) is 10.2 Å². The maximum absolute atomic E-state index is 12.9. The summed E-state index contributed by atoms with van der Waals surface area (Å²) in [6.45, 7) is 0. The molecule has 0 saturated heterocycles. The second-order valence-electron chi connectivity index (χ2n) is 4.23. The van der Waals surface area contributed by atoms with Gasteiger partial charge >= 0.3 is 5.88 Å². The summed E-state index contributed by atoms with van der Waals surface area (Å²) in [5.41, 5.74) is 0.608. The van der Waals surface area contributed by atoms with Crippen LogP contribution in [0.2, 0.25) is 0 Å². The molecule has 0 unspecified atom stereocenters. The molecule has 0 aliphatic carbocycles. The average molecular weight is 333 g/mol. The Morgan fingerprint density at radius 1 is 1.13 bits per heavy atom. The minimum absolute atomic E-state index is 0.273. The number of halogens is 1. The van der Waals surface area contributed by atoms with Gasteiger partial charge in [-0.25, -0.2) is 4.39 Å². The van der Waals surface area contributed by atoms with Crippen LogP contribution in [0.1, 0.15) is 5.76 Å². The van der Waals surface area contributed by atoms with Crippen molar-refractivity contribution < 1.29 is 18.1 Å². The Kier molecular flexibility index (Phi) is 4.20. The molecule has 0 amide bonds. The van der Waals surface area contributed by atoms with Gasteiger partial charge in [0.25, 0.3) is 5.22 Å². The second kappa shape index (κ2) is 6.44. The third kappa shape index (κ3) is 3.64. The highest BCUT2D eigenvalue weighted by molar-refractivity contribution is 8.02. The first-order valence-corrected chi connectivity index (χ1v) is 7.16. The summed E-state index contributed by atoms with van der Waals surface area (Å²) in [4.78, 5) is 9.88. The zero-order valence-electron chi connectivity index (χ0n) is 11.4. The summed E-state index contributed by atoms with van der Waals surface area (Å²) < 4.78 is 23.2. The fraction of sp³-hybridized carbons (Fsp3) is 0. The number of rotatable bonds is 5. The van der Waals surface area contributed by atoms with E-state index >= 15 is 0 Å². The molecule has 9 heteroatoms. The lowest BCUT2D eigenvalue weighted by atomic mass is 10.2. The predicted octanol–water partition coefficient (Wildman–Crippen LogP) is 4.14. The van der Waals surface area contributed by atoms with Crippen molar-refractivity contribution in [2.45, 2.75) is 5.22 Å². The smallest absolute Gasteiger partial charge is 0.411 e. The largest absolute Gasteiger partial charge is 0.433 e. The van der Waals surface area contributed by atoms with Gasteiger partial charge in [0.15, 0.2) is 0 Å². The Morgan fingerprint density at radius 3 is 2.61 bits per heavy atom. The zero-order valence-corrected chi connectivity index (χ0v) is 12.2. The first-order chi connectivity index (χ1) is 11.1. The molecule has 116 valence electrons. The molecule has 23 heavy (non-hydrogen) atoms. The van der Waals surface area contributed by atoms with Gasteiger partial charge in [-0.2, -0.15) is 0 Å². The van der Waals surface area contributed by atoms with E-state index < -0.39 is 4.92 Å². The number of hydrogen-bond donors (Lipinski definition) is 0. The lowest BCUT2D eigenvalue weighted by Crippen LogP contribution is -1.82. The molecule has 0 aliphatic heterocycles. The molecule has 0 N–H and O–H groups in total. The molecule has 2 aromatic heterocycles. The highest BCUT2D eigenvalue weighted by Gasteiger charge is 2.10. The molecular weight excluding hydrogens is 325 g/mol. The summed E-state index contributed by atoms with van der Waals surface area (Å²) in [7, 11) is 0. The van der Waals surface area contributed by atoms with Crippen molar-refractivity contribution in [3.63, 3.8) is 0 Å². The third-order valence-corrected chi connectivity index (χ3v) is 3.33. The number of nitro groups is 1. The van der Waals surface area contributed by atoms with E-state index in [1.54, 1.807) is 11.5 Å². The van der Waals surface area contributed by atoms with Crippen LogP contribution in [0.25, 0.3) is 17.5 Å². The van der Waals surface area contributed by atoms with Gasteiger partial charge in [-0.1, -0.05) is 0 Å². The molecule has 0 aliphatic rings. The number of hydrogen-bond acceptors (Lipinski definition) is 7. The Bertz CT molecular complexity index is 857. The van der Waals surface area contributed by atoms with Gasteiger partial charge in [-0.3, -0.25) is 10.1 Å². The van der Waals surface area contributed by atoms with Crippen molar-refractivity contribution in [2.75, 3.05) is 0 Å². The minimum Gasteiger partial charge on any atom is -0.411 e. The van der Waals surface area contributed by atoms with Crippen LogP contribution in [0.4, 0.5) is 10.3 Å². The van der Waals surface area contributed by atoms with Crippen molar-refractivity contribution in [3.05, 3.63) is 63.5 Å². The molecular formula is C14H8FN3O4S. The van der Waals surface area contributed by atoms with Crippen molar-refractivity contribution >= 4 is 23.7 Å². The minimum atomic E-state index is -0.614. The van der Waals surface area contributed by atoms with E-state index in [-0.39, 0.29) is 22.8 Å². The maximum atomic E-state index is 12.9. The maximum Gasteiger partial charge on any atom is 0.433 e. The van der Waals surface area contributed by atoms with Crippen molar-refractivity contribution in [1.29, 1.82) is 0 Å². The SMILES string of the molecule is O=[N+]([O-])c1ccc(/C=C/Sc2nnc(-c3ccc(F)cc3)o2)o1. The fourth-order valence-corrected chi connectivity index (χ4v) is 2.19. The summed E-state index contributed by atoms with van der Waals surface area (Å²) in [5.74, 6) is -0.0682. The van der Waals surface area contributed by atoms with Gasteiger partial charge < -0.3 is 8.83 Å². The molecule has 3 aromatic rings. The van der Waals surface area contributed by atoms with E-state index in [0.717, 1.165) is 11.8 Å². The van der Waals surface area contributed by atoms with E-state index in [1.807, 2.05) is 0 Å². The molecule has 1 aromatic carbocycles. The first-order valence-electron chi connectivity index (χ1n) is 6.29. The summed E-state index contributed by atoms with van der Waals surface area (Å²) in [6.07, 6.45) is 1.54. The molecule has 0 bridgehead atoms. The Labute approximate surface area is 133 Å². The summed E-state index contributed by atoms with van der Waals surface area (Å²) in [6, 6.07) is 8.42. The monoisotopic (exact) mass is 333 g/mol. The molecule has 0 atom stereocenters. The van der Waals surface area contributed by atoms with E-state index in [4.69, 9.17) is 8.83 Å². The zero-order chi connectivity index (χ0) is 16.2. The number of thioether (sulfide) groups is 1. The van der Waals surface area contributed by atoms with E-state index in [1.165, 1.54) is 36.4 Å². The van der Waals surface area contributed by atoms with Gasteiger partial charge in [-0.05, 0) is 53.6 Å². The number of aromatic nitrogens is 2. The Morgan fingerprint density at radius 2 is 1.91 bits per heavy atom. The van der Waals surface area contributed by atoms with E-state index in [2.05, 4.69) is 10.2 Å². The first kappa shape index (κ1) is 15.0. The fourth-order valence-electron chi connectivity index (χ4n) is 1.66. The molecule has 2 heterocycles. The van der Waals surface area contributed by atoms with Crippen LogP contribution in [-0.2, 0) is 0 Å². The highest BCUT2D eigenvalue weighted by atomic mass is 32.2. The quantitative estimate of drug-likeness (QED) is 0.393. The summed E-state index contributed by atoms with van der Waals surface area (Å²) in [5, 5.41) is 20.1. The number of benzene rings is 1. The van der Waals surface area contributed by atoms with E-state index in [9.17, 15) is 14.5 Å². The van der Waals surface area contributed by atoms with Gasteiger partial charge in [0.1, 0.15) is 16.5 Å².